The molecule has 1 fully saturated rings. The lowest BCUT2D eigenvalue weighted by atomic mass is 10.1. The molecule has 126 valence electrons. The number of hydrogen-bond donors (Lipinski definition) is 0. The minimum Gasteiger partial charge on any atom is -0.329 e. The van der Waals surface area contributed by atoms with Crippen LogP contribution in [0.1, 0.15) is 16.5 Å². The SMILES string of the molecule is Cc1ccc(-c2nn(-c3ccccc3)cc2[C@@H]2SCC(=O)N2C)cc1. The minimum absolute atomic E-state index is 0.00117. The van der Waals surface area contributed by atoms with Gasteiger partial charge in [0.1, 0.15) is 5.37 Å². The van der Waals surface area contributed by atoms with Crippen molar-refractivity contribution in [3.05, 3.63) is 71.9 Å². The summed E-state index contributed by atoms with van der Waals surface area (Å²) in [6.45, 7) is 2.08. The predicted octanol–water partition coefficient (Wildman–Crippen LogP) is 4.05. The highest BCUT2D eigenvalue weighted by molar-refractivity contribution is 8.00. The van der Waals surface area contributed by atoms with Crippen molar-refractivity contribution in [1.82, 2.24) is 14.7 Å². The van der Waals surface area contributed by atoms with E-state index in [0.29, 0.717) is 5.75 Å². The van der Waals surface area contributed by atoms with E-state index in [4.69, 9.17) is 5.10 Å². The van der Waals surface area contributed by atoms with E-state index in [2.05, 4.69) is 37.4 Å². The Labute approximate surface area is 151 Å². The molecule has 0 aliphatic carbocycles. The molecule has 2 aromatic carbocycles. The lowest BCUT2D eigenvalue weighted by molar-refractivity contribution is -0.126. The molecule has 0 N–H and O–H groups in total. The van der Waals surface area contributed by atoms with E-state index < -0.39 is 0 Å². The fraction of sp³-hybridized carbons (Fsp3) is 0.200. The highest BCUT2D eigenvalue weighted by Gasteiger charge is 2.33. The zero-order valence-corrected chi connectivity index (χ0v) is 15.0. The van der Waals surface area contributed by atoms with Gasteiger partial charge in [0.15, 0.2) is 0 Å². The number of carbonyl (C=O) groups excluding carboxylic acids is 1. The van der Waals surface area contributed by atoms with Crippen LogP contribution in [0.3, 0.4) is 0 Å². The molecule has 1 aliphatic heterocycles. The van der Waals surface area contributed by atoms with Crippen LogP contribution in [-0.4, -0.2) is 33.4 Å². The summed E-state index contributed by atoms with van der Waals surface area (Å²) in [5.41, 5.74) is 5.31. The molecule has 0 spiro atoms. The molecule has 25 heavy (non-hydrogen) atoms. The van der Waals surface area contributed by atoms with Gasteiger partial charge in [-0.05, 0) is 19.1 Å². The molecule has 0 unspecified atom stereocenters. The highest BCUT2D eigenvalue weighted by Crippen LogP contribution is 2.41. The molecular formula is C20H19N3OS. The van der Waals surface area contributed by atoms with Gasteiger partial charge >= 0.3 is 0 Å². The Morgan fingerprint density at radius 2 is 1.80 bits per heavy atom. The second-order valence-corrected chi connectivity index (χ2v) is 7.32. The summed E-state index contributed by atoms with van der Waals surface area (Å²) in [7, 11) is 1.87. The molecular weight excluding hydrogens is 330 g/mol. The number of rotatable bonds is 3. The topological polar surface area (TPSA) is 38.1 Å². The molecule has 1 aliphatic rings. The second kappa shape index (κ2) is 6.41. The van der Waals surface area contributed by atoms with Crippen LogP contribution < -0.4 is 0 Å². The van der Waals surface area contributed by atoms with Crippen molar-refractivity contribution in [3.8, 4) is 16.9 Å². The maximum atomic E-state index is 12.0. The first kappa shape index (κ1) is 16.0. The van der Waals surface area contributed by atoms with Crippen LogP contribution in [0.4, 0.5) is 0 Å². The third-order valence-corrected chi connectivity index (χ3v) is 5.76. The summed E-state index contributed by atoms with van der Waals surface area (Å²) in [4.78, 5) is 13.8. The lowest BCUT2D eigenvalue weighted by Crippen LogP contribution is -2.23. The lowest BCUT2D eigenvalue weighted by Gasteiger charge is -2.18. The Hall–Kier alpha value is -2.53. The molecule has 5 heteroatoms. The normalized spacial score (nSPS) is 17.3. The number of benzene rings is 2. The van der Waals surface area contributed by atoms with Gasteiger partial charge in [-0.3, -0.25) is 4.79 Å². The Morgan fingerprint density at radius 3 is 2.44 bits per heavy atom. The van der Waals surface area contributed by atoms with Crippen LogP contribution in [0, 0.1) is 6.92 Å². The number of aromatic nitrogens is 2. The quantitative estimate of drug-likeness (QED) is 0.716. The smallest absolute Gasteiger partial charge is 0.233 e. The molecule has 1 atom stereocenters. The number of amides is 1. The van der Waals surface area contributed by atoms with Crippen molar-refractivity contribution in [2.24, 2.45) is 0 Å². The summed E-state index contributed by atoms with van der Waals surface area (Å²) >= 11 is 1.66. The third kappa shape index (κ3) is 2.96. The van der Waals surface area contributed by atoms with Crippen molar-refractivity contribution in [2.75, 3.05) is 12.8 Å². The number of aryl methyl sites for hydroxylation is 1. The maximum Gasteiger partial charge on any atom is 0.233 e. The monoisotopic (exact) mass is 349 g/mol. The number of hydrogen-bond acceptors (Lipinski definition) is 3. The molecule has 0 radical (unpaired) electrons. The van der Waals surface area contributed by atoms with Gasteiger partial charge in [-0.25, -0.2) is 4.68 Å². The van der Waals surface area contributed by atoms with E-state index in [1.165, 1.54) is 5.56 Å². The number of thioether (sulfide) groups is 1. The fourth-order valence-electron chi connectivity index (χ4n) is 3.01. The number of nitrogens with zero attached hydrogens (tertiary/aromatic N) is 3. The van der Waals surface area contributed by atoms with Gasteiger partial charge in [0.05, 0.1) is 17.1 Å². The average Bonchev–Trinajstić information content (AvgIpc) is 3.21. The van der Waals surface area contributed by atoms with Gasteiger partial charge < -0.3 is 4.90 Å². The van der Waals surface area contributed by atoms with Crippen molar-refractivity contribution in [3.63, 3.8) is 0 Å². The van der Waals surface area contributed by atoms with Crippen LogP contribution in [-0.2, 0) is 4.79 Å². The van der Waals surface area contributed by atoms with Crippen LogP contribution in [0.5, 0.6) is 0 Å². The van der Waals surface area contributed by atoms with Crippen LogP contribution in [0.2, 0.25) is 0 Å². The Bertz CT molecular complexity index is 902. The maximum absolute atomic E-state index is 12.0. The Balaban J connectivity index is 1.84. The second-order valence-electron chi connectivity index (χ2n) is 6.25. The third-order valence-electron chi connectivity index (χ3n) is 4.46. The number of para-hydroxylation sites is 1. The Morgan fingerprint density at radius 1 is 1.08 bits per heavy atom. The van der Waals surface area contributed by atoms with Crippen molar-refractivity contribution in [2.45, 2.75) is 12.3 Å². The zero-order valence-electron chi connectivity index (χ0n) is 14.2. The van der Waals surface area contributed by atoms with E-state index in [0.717, 1.165) is 22.5 Å². The largest absolute Gasteiger partial charge is 0.329 e. The van der Waals surface area contributed by atoms with Gasteiger partial charge in [0, 0.05) is 24.4 Å². The first-order chi connectivity index (χ1) is 12.1. The molecule has 1 saturated heterocycles. The van der Waals surface area contributed by atoms with Crippen LogP contribution in [0.15, 0.2) is 60.8 Å². The number of carbonyl (C=O) groups is 1. The summed E-state index contributed by atoms with van der Waals surface area (Å²) in [6.07, 6.45) is 2.05. The summed E-state index contributed by atoms with van der Waals surface area (Å²) in [6, 6.07) is 18.4. The molecule has 1 amide bonds. The molecule has 2 heterocycles. The zero-order chi connectivity index (χ0) is 17.4. The van der Waals surface area contributed by atoms with Crippen LogP contribution in [0.25, 0.3) is 16.9 Å². The molecule has 4 rings (SSSR count). The van der Waals surface area contributed by atoms with Gasteiger partial charge in [0.2, 0.25) is 5.91 Å². The van der Waals surface area contributed by atoms with E-state index in [9.17, 15) is 4.79 Å². The van der Waals surface area contributed by atoms with Crippen molar-refractivity contribution < 1.29 is 4.79 Å². The average molecular weight is 349 g/mol. The van der Waals surface area contributed by atoms with Crippen molar-refractivity contribution in [1.29, 1.82) is 0 Å². The van der Waals surface area contributed by atoms with Crippen molar-refractivity contribution >= 4 is 17.7 Å². The van der Waals surface area contributed by atoms with Gasteiger partial charge in [-0.2, -0.15) is 5.10 Å². The molecule has 3 aromatic rings. The fourth-order valence-corrected chi connectivity index (χ4v) is 4.21. The first-order valence-electron chi connectivity index (χ1n) is 8.23. The van der Waals surface area contributed by atoms with E-state index >= 15 is 0 Å². The van der Waals surface area contributed by atoms with Gasteiger partial charge in [-0.1, -0.05) is 48.0 Å². The highest BCUT2D eigenvalue weighted by atomic mass is 32.2. The van der Waals surface area contributed by atoms with Crippen LogP contribution >= 0.6 is 11.8 Å². The Kier molecular flexibility index (Phi) is 4.09. The van der Waals surface area contributed by atoms with E-state index in [1.807, 2.05) is 47.0 Å². The summed E-state index contributed by atoms with van der Waals surface area (Å²) in [5, 5.41) is 4.85. The summed E-state index contributed by atoms with van der Waals surface area (Å²) in [5.74, 6) is 0.683. The predicted molar refractivity (Wildman–Crippen MR) is 102 cm³/mol. The standard InChI is InChI=1S/C20H19N3OS/c1-14-8-10-15(11-9-14)19-17(20-22(2)18(24)13-25-20)12-23(21-19)16-6-4-3-5-7-16/h3-12,20H,13H2,1-2H3/t20-/m0/s1. The van der Waals surface area contributed by atoms with Gasteiger partial charge in [-0.15, -0.1) is 11.8 Å². The molecule has 0 saturated carbocycles. The molecule has 4 nitrogen and oxygen atoms in total. The summed E-state index contributed by atoms with van der Waals surface area (Å²) < 4.78 is 1.90. The first-order valence-corrected chi connectivity index (χ1v) is 9.27. The van der Waals surface area contributed by atoms with E-state index in [1.54, 1.807) is 11.8 Å². The minimum atomic E-state index is 0.00117. The van der Waals surface area contributed by atoms with E-state index in [-0.39, 0.29) is 11.3 Å². The van der Waals surface area contributed by atoms with Gasteiger partial charge in [0.25, 0.3) is 0 Å². The molecule has 1 aromatic heterocycles. The molecule has 0 bridgehead atoms.